The molecule has 0 saturated carbocycles. The Hall–Kier alpha value is -1.47. The number of hydrogen-bond acceptors (Lipinski definition) is 5. The van der Waals surface area contributed by atoms with Gasteiger partial charge in [0.2, 0.25) is 0 Å². The van der Waals surface area contributed by atoms with E-state index in [2.05, 4.69) is 0 Å². The summed E-state index contributed by atoms with van der Waals surface area (Å²) in [6, 6.07) is 3.77. The Bertz CT molecular complexity index is 601. The number of carbonyl (C=O) groups is 1. The second-order valence-corrected chi connectivity index (χ2v) is 7.00. The van der Waals surface area contributed by atoms with Gasteiger partial charge in [0.25, 0.3) is 0 Å². The summed E-state index contributed by atoms with van der Waals surface area (Å²) in [4.78, 5) is 13.9. The van der Waals surface area contributed by atoms with Crippen LogP contribution in [0.25, 0.3) is 0 Å². The molecule has 0 unspecified atom stereocenters. The number of nitrogens with zero attached hydrogens (tertiary/aromatic N) is 1. The number of hydrogen-bond donors (Lipinski definition) is 0. The highest BCUT2D eigenvalue weighted by Crippen LogP contribution is 2.20. The number of sulfone groups is 1. The van der Waals surface area contributed by atoms with Gasteiger partial charge >= 0.3 is 0 Å². The number of benzene rings is 1. The zero-order valence-electron chi connectivity index (χ0n) is 11.1. The van der Waals surface area contributed by atoms with Gasteiger partial charge in [-0.15, -0.1) is 0 Å². The molecule has 1 aromatic carbocycles. The minimum Gasteiger partial charge on any atom is -0.496 e. The number of ketones is 1. The zero-order valence-corrected chi connectivity index (χ0v) is 12.0. The highest BCUT2D eigenvalue weighted by molar-refractivity contribution is 7.91. The van der Waals surface area contributed by atoms with Crippen LogP contribution in [0.4, 0.5) is 4.39 Å². The summed E-state index contributed by atoms with van der Waals surface area (Å²) in [5.41, 5.74) is 0.181. The first-order chi connectivity index (χ1) is 9.41. The van der Waals surface area contributed by atoms with Crippen LogP contribution in [0, 0.1) is 5.82 Å². The van der Waals surface area contributed by atoms with Crippen molar-refractivity contribution in [3.8, 4) is 5.75 Å². The number of methoxy groups -OCH3 is 1. The average Bonchev–Trinajstić information content (AvgIpc) is 2.41. The van der Waals surface area contributed by atoms with E-state index in [9.17, 15) is 17.6 Å². The van der Waals surface area contributed by atoms with Gasteiger partial charge in [-0.05, 0) is 18.2 Å². The number of Topliss-reactive ketones (excluding diaryl/α,β-unsaturated/α-hetero) is 1. The number of rotatable bonds is 4. The number of ether oxygens (including phenoxy) is 1. The van der Waals surface area contributed by atoms with Crippen molar-refractivity contribution in [3.63, 3.8) is 0 Å². The van der Waals surface area contributed by atoms with Gasteiger partial charge in [-0.25, -0.2) is 12.8 Å². The fraction of sp³-hybridized carbons (Fsp3) is 0.462. The quantitative estimate of drug-likeness (QED) is 0.768. The topological polar surface area (TPSA) is 63.7 Å². The van der Waals surface area contributed by atoms with Crippen molar-refractivity contribution in [2.45, 2.75) is 0 Å². The Labute approximate surface area is 117 Å². The van der Waals surface area contributed by atoms with Crippen molar-refractivity contribution in [1.82, 2.24) is 4.90 Å². The summed E-state index contributed by atoms with van der Waals surface area (Å²) >= 11 is 0. The Morgan fingerprint density at radius 2 is 2.00 bits per heavy atom. The third-order valence-electron chi connectivity index (χ3n) is 3.27. The molecule has 0 aromatic heterocycles. The summed E-state index contributed by atoms with van der Waals surface area (Å²) in [6.07, 6.45) is 0. The summed E-state index contributed by atoms with van der Waals surface area (Å²) < 4.78 is 40.9. The van der Waals surface area contributed by atoms with Crippen LogP contribution in [0.1, 0.15) is 10.4 Å². The van der Waals surface area contributed by atoms with E-state index in [-0.39, 0.29) is 29.4 Å². The fourth-order valence-electron chi connectivity index (χ4n) is 2.09. The van der Waals surface area contributed by atoms with Crippen molar-refractivity contribution < 1.29 is 22.3 Å². The van der Waals surface area contributed by atoms with Gasteiger partial charge in [-0.2, -0.15) is 0 Å². The van der Waals surface area contributed by atoms with E-state index < -0.39 is 15.7 Å². The minimum atomic E-state index is -2.97. The molecule has 1 aromatic rings. The first kappa shape index (κ1) is 14.9. The first-order valence-corrected chi connectivity index (χ1v) is 8.03. The molecule has 1 saturated heterocycles. The van der Waals surface area contributed by atoms with Gasteiger partial charge in [0.1, 0.15) is 11.6 Å². The minimum absolute atomic E-state index is 0.0561. The Morgan fingerprint density at radius 3 is 2.60 bits per heavy atom. The third-order valence-corrected chi connectivity index (χ3v) is 4.88. The average molecular weight is 301 g/mol. The molecule has 0 amide bonds. The molecule has 0 radical (unpaired) electrons. The Kier molecular flexibility index (Phi) is 4.39. The molecule has 0 aliphatic carbocycles. The lowest BCUT2D eigenvalue weighted by Crippen LogP contribution is -2.42. The standard InChI is InChI=1S/C13H16FNO4S/c1-19-13-3-2-10(14)8-11(13)12(16)9-15-4-6-20(17,18)7-5-15/h2-3,8H,4-7,9H2,1H3. The molecule has 0 spiro atoms. The van der Waals surface area contributed by atoms with Crippen molar-refractivity contribution in [3.05, 3.63) is 29.6 Å². The van der Waals surface area contributed by atoms with Crippen LogP contribution >= 0.6 is 0 Å². The van der Waals surface area contributed by atoms with E-state index in [0.29, 0.717) is 18.8 Å². The van der Waals surface area contributed by atoms with E-state index >= 15 is 0 Å². The molecule has 5 nitrogen and oxygen atoms in total. The highest BCUT2D eigenvalue weighted by atomic mass is 32.2. The van der Waals surface area contributed by atoms with E-state index in [0.717, 1.165) is 6.07 Å². The van der Waals surface area contributed by atoms with E-state index in [4.69, 9.17) is 4.74 Å². The molecule has 110 valence electrons. The molecule has 0 bridgehead atoms. The largest absolute Gasteiger partial charge is 0.496 e. The summed E-state index contributed by atoms with van der Waals surface area (Å²) in [6.45, 7) is 0.715. The monoisotopic (exact) mass is 301 g/mol. The van der Waals surface area contributed by atoms with Crippen molar-refractivity contribution in [1.29, 1.82) is 0 Å². The second-order valence-electron chi connectivity index (χ2n) is 4.70. The maximum absolute atomic E-state index is 13.2. The van der Waals surface area contributed by atoms with Crippen molar-refractivity contribution in [2.24, 2.45) is 0 Å². The van der Waals surface area contributed by atoms with Crippen LogP contribution in [0.2, 0.25) is 0 Å². The predicted molar refractivity (Wildman–Crippen MR) is 72.4 cm³/mol. The Balaban J connectivity index is 2.07. The van der Waals surface area contributed by atoms with Gasteiger partial charge < -0.3 is 4.74 Å². The van der Waals surface area contributed by atoms with E-state index in [1.165, 1.54) is 19.2 Å². The summed E-state index contributed by atoms with van der Waals surface area (Å²) in [5.74, 6) is -0.349. The predicted octanol–water partition coefficient (Wildman–Crippen LogP) is 0.747. The molecule has 1 heterocycles. The molecule has 0 N–H and O–H groups in total. The van der Waals surface area contributed by atoms with Crippen molar-refractivity contribution >= 4 is 15.6 Å². The van der Waals surface area contributed by atoms with Gasteiger partial charge in [0.15, 0.2) is 15.6 Å². The van der Waals surface area contributed by atoms with Crippen LogP contribution < -0.4 is 4.74 Å². The first-order valence-electron chi connectivity index (χ1n) is 6.21. The van der Waals surface area contributed by atoms with Crippen LogP contribution in [0.5, 0.6) is 5.75 Å². The lowest BCUT2D eigenvalue weighted by molar-refractivity contribution is 0.0932. The summed E-state index contributed by atoms with van der Waals surface area (Å²) in [5, 5.41) is 0. The third kappa shape index (κ3) is 3.55. The number of carbonyl (C=O) groups excluding carboxylic acids is 1. The zero-order chi connectivity index (χ0) is 14.8. The van der Waals surface area contributed by atoms with Crippen LogP contribution in [-0.4, -0.2) is 57.4 Å². The Morgan fingerprint density at radius 1 is 1.35 bits per heavy atom. The lowest BCUT2D eigenvalue weighted by Gasteiger charge is -2.25. The molecule has 0 atom stereocenters. The van der Waals surface area contributed by atoms with Crippen LogP contribution in [0.15, 0.2) is 18.2 Å². The molecule has 1 fully saturated rings. The van der Waals surface area contributed by atoms with E-state index in [1.54, 1.807) is 4.90 Å². The molecular weight excluding hydrogens is 285 g/mol. The SMILES string of the molecule is COc1ccc(F)cc1C(=O)CN1CCS(=O)(=O)CC1. The van der Waals surface area contributed by atoms with Crippen LogP contribution in [0.3, 0.4) is 0 Å². The molecule has 20 heavy (non-hydrogen) atoms. The summed E-state index contributed by atoms with van der Waals surface area (Å²) in [7, 11) is -1.56. The van der Waals surface area contributed by atoms with Gasteiger partial charge in [-0.3, -0.25) is 9.69 Å². The molecular formula is C13H16FNO4S. The smallest absolute Gasteiger partial charge is 0.180 e. The normalized spacial score (nSPS) is 18.7. The van der Waals surface area contributed by atoms with Gasteiger partial charge in [-0.1, -0.05) is 0 Å². The maximum Gasteiger partial charge on any atom is 0.180 e. The van der Waals surface area contributed by atoms with Gasteiger partial charge in [0.05, 0.1) is 30.7 Å². The fourth-order valence-corrected chi connectivity index (χ4v) is 3.37. The molecule has 1 aliphatic heterocycles. The highest BCUT2D eigenvalue weighted by Gasteiger charge is 2.24. The van der Waals surface area contributed by atoms with E-state index in [1.807, 2.05) is 0 Å². The molecule has 1 aliphatic rings. The van der Waals surface area contributed by atoms with Crippen LogP contribution in [-0.2, 0) is 9.84 Å². The maximum atomic E-state index is 13.2. The second kappa shape index (κ2) is 5.88. The van der Waals surface area contributed by atoms with Gasteiger partial charge in [0, 0.05) is 13.1 Å². The molecule has 7 heteroatoms. The van der Waals surface area contributed by atoms with Crippen molar-refractivity contribution in [2.75, 3.05) is 38.2 Å². The number of halogens is 1. The molecule has 2 rings (SSSR count). The lowest BCUT2D eigenvalue weighted by atomic mass is 10.1.